The molecule has 3 aromatic rings. The van der Waals surface area contributed by atoms with E-state index in [0.717, 1.165) is 21.1 Å². The standard InChI is InChI=1S/C15H13N3OS2/c1-10-13(8-17-14(19)12-4-6-20-9-12)21-15(18-10)11-3-2-5-16-7-11/h2-7,9H,8H2,1H3,(H,17,19). The predicted octanol–water partition coefficient (Wildman–Crippen LogP) is 3.51. The largest absolute Gasteiger partial charge is 0.347 e. The summed E-state index contributed by atoms with van der Waals surface area (Å²) in [5, 5.41) is 7.60. The summed E-state index contributed by atoms with van der Waals surface area (Å²) in [4.78, 5) is 21.7. The highest BCUT2D eigenvalue weighted by atomic mass is 32.1. The first kappa shape index (κ1) is 13.9. The molecule has 0 aliphatic carbocycles. The van der Waals surface area contributed by atoms with Crippen molar-refractivity contribution < 1.29 is 4.79 Å². The highest BCUT2D eigenvalue weighted by Gasteiger charge is 2.11. The molecule has 106 valence electrons. The lowest BCUT2D eigenvalue weighted by molar-refractivity contribution is 0.0951. The van der Waals surface area contributed by atoms with Gasteiger partial charge in [0.1, 0.15) is 5.01 Å². The fourth-order valence-corrected chi connectivity index (χ4v) is 3.49. The molecule has 0 unspecified atom stereocenters. The van der Waals surface area contributed by atoms with E-state index in [2.05, 4.69) is 15.3 Å². The fraction of sp³-hybridized carbons (Fsp3) is 0.133. The number of hydrogen-bond donors (Lipinski definition) is 1. The van der Waals surface area contributed by atoms with Crippen molar-refractivity contribution in [3.8, 4) is 10.6 Å². The lowest BCUT2D eigenvalue weighted by Crippen LogP contribution is -2.22. The van der Waals surface area contributed by atoms with E-state index in [4.69, 9.17) is 0 Å². The van der Waals surface area contributed by atoms with Gasteiger partial charge in [0.25, 0.3) is 5.91 Å². The van der Waals surface area contributed by atoms with Gasteiger partial charge in [-0.3, -0.25) is 9.78 Å². The Kier molecular flexibility index (Phi) is 4.08. The van der Waals surface area contributed by atoms with Crippen LogP contribution in [0.1, 0.15) is 20.9 Å². The van der Waals surface area contributed by atoms with E-state index in [1.807, 2.05) is 35.9 Å². The van der Waals surface area contributed by atoms with Crippen molar-refractivity contribution in [2.75, 3.05) is 0 Å². The minimum Gasteiger partial charge on any atom is -0.347 e. The van der Waals surface area contributed by atoms with Crippen LogP contribution in [0.5, 0.6) is 0 Å². The van der Waals surface area contributed by atoms with Crippen molar-refractivity contribution in [2.24, 2.45) is 0 Å². The normalized spacial score (nSPS) is 10.5. The van der Waals surface area contributed by atoms with E-state index < -0.39 is 0 Å². The molecule has 3 aromatic heterocycles. The van der Waals surface area contributed by atoms with Gasteiger partial charge in [-0.05, 0) is 30.5 Å². The molecule has 0 fully saturated rings. The number of amides is 1. The number of nitrogens with zero attached hydrogens (tertiary/aromatic N) is 2. The van der Waals surface area contributed by atoms with Crippen LogP contribution in [0.15, 0.2) is 41.4 Å². The van der Waals surface area contributed by atoms with Crippen LogP contribution in [0.2, 0.25) is 0 Å². The zero-order valence-corrected chi connectivity index (χ0v) is 13.0. The molecular formula is C15H13N3OS2. The fourth-order valence-electron chi connectivity index (χ4n) is 1.86. The van der Waals surface area contributed by atoms with E-state index in [1.165, 1.54) is 11.3 Å². The lowest BCUT2D eigenvalue weighted by Gasteiger charge is -2.01. The van der Waals surface area contributed by atoms with Crippen molar-refractivity contribution in [3.63, 3.8) is 0 Å². The van der Waals surface area contributed by atoms with Crippen molar-refractivity contribution in [2.45, 2.75) is 13.5 Å². The molecule has 0 bridgehead atoms. The molecular weight excluding hydrogens is 302 g/mol. The average molecular weight is 315 g/mol. The molecule has 1 N–H and O–H groups in total. The lowest BCUT2D eigenvalue weighted by atomic mass is 10.3. The minimum atomic E-state index is -0.0491. The van der Waals surface area contributed by atoms with Gasteiger partial charge in [-0.1, -0.05) is 0 Å². The predicted molar refractivity (Wildman–Crippen MR) is 85.6 cm³/mol. The molecule has 3 rings (SSSR count). The van der Waals surface area contributed by atoms with E-state index in [9.17, 15) is 4.79 Å². The minimum absolute atomic E-state index is 0.0491. The number of thiophene rings is 1. The van der Waals surface area contributed by atoms with Gasteiger partial charge in [0.2, 0.25) is 0 Å². The molecule has 0 aliphatic rings. The number of rotatable bonds is 4. The number of thiazole rings is 1. The number of pyridine rings is 1. The summed E-state index contributed by atoms with van der Waals surface area (Å²) in [5.74, 6) is -0.0491. The maximum absolute atomic E-state index is 11.9. The average Bonchev–Trinajstić information content (AvgIpc) is 3.16. The Morgan fingerprint density at radius 2 is 2.29 bits per heavy atom. The number of nitrogens with one attached hydrogen (secondary N) is 1. The molecule has 1 amide bonds. The van der Waals surface area contributed by atoms with Crippen LogP contribution in [0.25, 0.3) is 10.6 Å². The number of aromatic nitrogens is 2. The number of hydrogen-bond acceptors (Lipinski definition) is 5. The van der Waals surface area contributed by atoms with Gasteiger partial charge in [-0.15, -0.1) is 11.3 Å². The first-order chi connectivity index (χ1) is 10.2. The third kappa shape index (κ3) is 3.17. The highest BCUT2D eigenvalue weighted by molar-refractivity contribution is 7.15. The first-order valence-corrected chi connectivity index (χ1v) is 8.17. The molecule has 0 aromatic carbocycles. The third-order valence-electron chi connectivity index (χ3n) is 2.99. The Morgan fingerprint density at radius 1 is 1.38 bits per heavy atom. The molecule has 0 saturated carbocycles. The summed E-state index contributed by atoms with van der Waals surface area (Å²) in [6.45, 7) is 2.46. The molecule has 6 heteroatoms. The van der Waals surface area contributed by atoms with E-state index in [0.29, 0.717) is 12.1 Å². The van der Waals surface area contributed by atoms with Crippen LogP contribution in [0.3, 0.4) is 0 Å². The molecule has 0 aliphatic heterocycles. The smallest absolute Gasteiger partial charge is 0.252 e. The van der Waals surface area contributed by atoms with Gasteiger partial charge in [0.05, 0.1) is 12.2 Å². The van der Waals surface area contributed by atoms with Gasteiger partial charge in [0, 0.05) is 33.8 Å². The molecule has 0 spiro atoms. The number of carbonyl (C=O) groups excluding carboxylic acids is 1. The first-order valence-electron chi connectivity index (χ1n) is 6.41. The summed E-state index contributed by atoms with van der Waals surface area (Å²) in [6, 6.07) is 5.70. The second-order valence-electron chi connectivity index (χ2n) is 4.46. The van der Waals surface area contributed by atoms with Crippen molar-refractivity contribution in [3.05, 3.63) is 57.5 Å². The second-order valence-corrected chi connectivity index (χ2v) is 6.33. The molecule has 21 heavy (non-hydrogen) atoms. The second kappa shape index (κ2) is 6.15. The maximum Gasteiger partial charge on any atom is 0.252 e. The molecule has 0 radical (unpaired) electrons. The van der Waals surface area contributed by atoms with Crippen LogP contribution in [0.4, 0.5) is 0 Å². The SMILES string of the molecule is Cc1nc(-c2cccnc2)sc1CNC(=O)c1ccsc1. The summed E-state index contributed by atoms with van der Waals surface area (Å²) in [5.41, 5.74) is 2.65. The highest BCUT2D eigenvalue weighted by Crippen LogP contribution is 2.27. The van der Waals surface area contributed by atoms with Gasteiger partial charge >= 0.3 is 0 Å². The molecule has 4 nitrogen and oxygen atoms in total. The van der Waals surface area contributed by atoms with E-state index >= 15 is 0 Å². The van der Waals surface area contributed by atoms with Crippen molar-refractivity contribution >= 4 is 28.6 Å². The molecule has 0 saturated heterocycles. The third-order valence-corrected chi connectivity index (χ3v) is 4.88. The summed E-state index contributed by atoms with van der Waals surface area (Å²) < 4.78 is 0. The molecule has 0 atom stereocenters. The van der Waals surface area contributed by atoms with Gasteiger partial charge in [-0.25, -0.2) is 4.98 Å². The van der Waals surface area contributed by atoms with Crippen LogP contribution in [-0.2, 0) is 6.54 Å². The number of aryl methyl sites for hydroxylation is 1. The number of carbonyl (C=O) groups is 1. The van der Waals surface area contributed by atoms with Crippen LogP contribution >= 0.6 is 22.7 Å². The Hall–Kier alpha value is -2.05. The van der Waals surface area contributed by atoms with Gasteiger partial charge < -0.3 is 5.32 Å². The topological polar surface area (TPSA) is 54.9 Å². The van der Waals surface area contributed by atoms with E-state index in [1.54, 1.807) is 23.7 Å². The maximum atomic E-state index is 11.9. The molecule has 3 heterocycles. The Bertz CT molecular complexity index is 736. The van der Waals surface area contributed by atoms with Crippen LogP contribution in [0, 0.1) is 6.92 Å². The van der Waals surface area contributed by atoms with Crippen LogP contribution < -0.4 is 5.32 Å². The van der Waals surface area contributed by atoms with Crippen molar-refractivity contribution in [1.29, 1.82) is 0 Å². The summed E-state index contributed by atoms with van der Waals surface area (Å²) in [7, 11) is 0. The van der Waals surface area contributed by atoms with Gasteiger partial charge in [0.15, 0.2) is 0 Å². The Morgan fingerprint density at radius 3 is 3.00 bits per heavy atom. The van der Waals surface area contributed by atoms with E-state index in [-0.39, 0.29) is 5.91 Å². The van der Waals surface area contributed by atoms with Gasteiger partial charge in [-0.2, -0.15) is 11.3 Å². The Labute approximate surface area is 130 Å². The quantitative estimate of drug-likeness (QED) is 0.801. The summed E-state index contributed by atoms with van der Waals surface area (Å²) >= 11 is 3.11. The monoisotopic (exact) mass is 315 g/mol. The van der Waals surface area contributed by atoms with Crippen molar-refractivity contribution in [1.82, 2.24) is 15.3 Å². The summed E-state index contributed by atoms with van der Waals surface area (Å²) in [6.07, 6.45) is 3.54. The van der Waals surface area contributed by atoms with Crippen LogP contribution in [-0.4, -0.2) is 15.9 Å². The zero-order chi connectivity index (χ0) is 14.7. The zero-order valence-electron chi connectivity index (χ0n) is 11.4. The Balaban J connectivity index is 1.72.